The molecule has 0 aromatic carbocycles. The highest BCUT2D eigenvalue weighted by molar-refractivity contribution is 5.85. The molecule has 0 aromatic rings. The molecule has 2 nitrogen and oxygen atoms in total. The average Bonchev–Trinajstić information content (AvgIpc) is 2.76. The summed E-state index contributed by atoms with van der Waals surface area (Å²) in [5, 5.41) is 7.28. The van der Waals surface area contributed by atoms with E-state index in [4.69, 9.17) is 0 Å². The average molecular weight is 461 g/mol. The molecular formula is C28H61ClN2. The summed E-state index contributed by atoms with van der Waals surface area (Å²) >= 11 is 0. The van der Waals surface area contributed by atoms with E-state index in [0.717, 1.165) is 0 Å². The first kappa shape index (κ1) is 33.4. The Balaban J connectivity index is 0. The predicted molar refractivity (Wildman–Crippen MR) is 146 cm³/mol. The summed E-state index contributed by atoms with van der Waals surface area (Å²) in [6.45, 7) is 9.53. The maximum Gasteiger partial charge on any atom is -0.00489 e. The van der Waals surface area contributed by atoms with Crippen molar-refractivity contribution in [2.45, 2.75) is 155 Å². The van der Waals surface area contributed by atoms with E-state index in [0.29, 0.717) is 0 Å². The number of unbranched alkanes of at least 4 members (excludes halogenated alkanes) is 19. The van der Waals surface area contributed by atoms with Gasteiger partial charge in [-0.05, 0) is 51.9 Å². The van der Waals surface area contributed by atoms with Crippen LogP contribution in [0.5, 0.6) is 0 Å². The van der Waals surface area contributed by atoms with Crippen LogP contribution in [-0.2, 0) is 0 Å². The summed E-state index contributed by atoms with van der Waals surface area (Å²) in [7, 11) is 0. The Labute approximate surface area is 204 Å². The third kappa shape index (κ3) is 32.5. The van der Waals surface area contributed by atoms with Gasteiger partial charge in [0, 0.05) is 0 Å². The van der Waals surface area contributed by atoms with E-state index < -0.39 is 0 Å². The molecule has 0 fully saturated rings. The second-order valence-electron chi connectivity index (χ2n) is 9.57. The van der Waals surface area contributed by atoms with Crippen molar-refractivity contribution >= 4 is 12.4 Å². The summed E-state index contributed by atoms with van der Waals surface area (Å²) in [6.07, 6.45) is 31.2. The zero-order valence-corrected chi connectivity index (χ0v) is 22.6. The topological polar surface area (TPSA) is 24.1 Å². The summed E-state index contributed by atoms with van der Waals surface area (Å²) in [5.41, 5.74) is 0. The molecule has 2 N–H and O–H groups in total. The Morgan fingerprint density at radius 1 is 0.290 bits per heavy atom. The third-order valence-electron chi connectivity index (χ3n) is 6.37. The second-order valence-corrected chi connectivity index (χ2v) is 9.57. The van der Waals surface area contributed by atoms with Crippen molar-refractivity contribution in [1.29, 1.82) is 0 Å². The van der Waals surface area contributed by atoms with E-state index in [-0.39, 0.29) is 12.4 Å². The van der Waals surface area contributed by atoms with Gasteiger partial charge in [0.15, 0.2) is 0 Å². The zero-order chi connectivity index (χ0) is 21.8. The van der Waals surface area contributed by atoms with Gasteiger partial charge in [-0.25, -0.2) is 0 Å². The number of rotatable bonds is 27. The number of hydrogen-bond acceptors (Lipinski definition) is 2. The maximum absolute atomic E-state index is 3.64. The van der Waals surface area contributed by atoms with Crippen LogP contribution in [0.3, 0.4) is 0 Å². The molecule has 0 aromatic heterocycles. The third-order valence-corrected chi connectivity index (χ3v) is 6.37. The van der Waals surface area contributed by atoms with Gasteiger partial charge in [-0.3, -0.25) is 0 Å². The van der Waals surface area contributed by atoms with Crippen molar-refractivity contribution in [1.82, 2.24) is 10.6 Å². The molecular weight excluding hydrogens is 400 g/mol. The SMILES string of the molecule is CCCCCCCCCCNCCCCCCCCNCCCCCCCCCC.Cl. The molecule has 3 heteroatoms. The summed E-state index contributed by atoms with van der Waals surface area (Å²) < 4.78 is 0. The highest BCUT2D eigenvalue weighted by atomic mass is 35.5. The standard InChI is InChI=1S/C28H60N2.ClH/c1-3-5-7-9-11-13-17-21-25-29-27-23-19-15-16-20-24-28-30-26-22-18-14-12-10-8-6-4-2;/h29-30H,3-28H2,1-2H3;1H. The van der Waals surface area contributed by atoms with Gasteiger partial charge in [0.1, 0.15) is 0 Å². The van der Waals surface area contributed by atoms with Crippen molar-refractivity contribution in [3.63, 3.8) is 0 Å². The summed E-state index contributed by atoms with van der Waals surface area (Å²) in [5.74, 6) is 0. The molecule has 0 unspecified atom stereocenters. The minimum Gasteiger partial charge on any atom is -0.317 e. The molecule has 0 saturated heterocycles. The van der Waals surface area contributed by atoms with Gasteiger partial charge in [-0.15, -0.1) is 12.4 Å². The number of halogens is 1. The molecule has 0 bridgehead atoms. The van der Waals surface area contributed by atoms with Crippen LogP contribution in [0.25, 0.3) is 0 Å². The van der Waals surface area contributed by atoms with Gasteiger partial charge < -0.3 is 10.6 Å². The van der Waals surface area contributed by atoms with Crippen molar-refractivity contribution in [3.05, 3.63) is 0 Å². The first-order chi connectivity index (χ1) is 14.9. The monoisotopic (exact) mass is 460 g/mol. The molecule has 31 heavy (non-hydrogen) atoms. The largest absolute Gasteiger partial charge is 0.317 e. The van der Waals surface area contributed by atoms with E-state index in [9.17, 15) is 0 Å². The van der Waals surface area contributed by atoms with E-state index in [2.05, 4.69) is 24.5 Å². The van der Waals surface area contributed by atoms with E-state index >= 15 is 0 Å². The first-order valence-electron chi connectivity index (χ1n) is 14.3. The fourth-order valence-electron chi connectivity index (χ4n) is 4.22. The van der Waals surface area contributed by atoms with Crippen LogP contribution in [0.1, 0.15) is 155 Å². The lowest BCUT2D eigenvalue weighted by atomic mass is 10.1. The van der Waals surface area contributed by atoms with Crippen LogP contribution in [0.4, 0.5) is 0 Å². The van der Waals surface area contributed by atoms with Crippen LogP contribution in [-0.4, -0.2) is 26.2 Å². The molecule has 0 rings (SSSR count). The number of nitrogens with one attached hydrogen (secondary N) is 2. The molecule has 0 aliphatic rings. The molecule has 0 atom stereocenters. The minimum atomic E-state index is 0. The smallest absolute Gasteiger partial charge is 0.00489 e. The quantitative estimate of drug-likeness (QED) is 0.119. The van der Waals surface area contributed by atoms with Crippen LogP contribution >= 0.6 is 12.4 Å². The summed E-state index contributed by atoms with van der Waals surface area (Å²) in [4.78, 5) is 0. The molecule has 190 valence electrons. The Morgan fingerprint density at radius 3 is 0.710 bits per heavy atom. The Bertz CT molecular complexity index is 258. The van der Waals surface area contributed by atoms with Gasteiger partial charge in [-0.1, -0.05) is 129 Å². The minimum absolute atomic E-state index is 0. The van der Waals surface area contributed by atoms with E-state index in [1.54, 1.807) is 0 Å². The molecule has 0 aliphatic heterocycles. The molecule has 0 radical (unpaired) electrons. The van der Waals surface area contributed by atoms with Crippen molar-refractivity contribution < 1.29 is 0 Å². The first-order valence-corrected chi connectivity index (χ1v) is 14.3. The maximum atomic E-state index is 3.64. The highest BCUT2D eigenvalue weighted by Gasteiger charge is 1.95. The van der Waals surface area contributed by atoms with Gasteiger partial charge in [0.2, 0.25) is 0 Å². The highest BCUT2D eigenvalue weighted by Crippen LogP contribution is 2.09. The van der Waals surface area contributed by atoms with Gasteiger partial charge in [0.25, 0.3) is 0 Å². The van der Waals surface area contributed by atoms with Crippen LogP contribution in [0.2, 0.25) is 0 Å². The lowest BCUT2D eigenvalue weighted by molar-refractivity contribution is 0.524. The van der Waals surface area contributed by atoms with Crippen molar-refractivity contribution in [3.8, 4) is 0 Å². The van der Waals surface area contributed by atoms with Crippen molar-refractivity contribution in [2.24, 2.45) is 0 Å². The predicted octanol–water partition coefficient (Wildman–Crippen LogP) is 9.21. The Morgan fingerprint density at radius 2 is 0.484 bits per heavy atom. The fraction of sp³-hybridized carbons (Fsp3) is 1.00. The second kappa shape index (κ2) is 32.4. The number of hydrogen-bond donors (Lipinski definition) is 2. The Hall–Kier alpha value is 0.210. The van der Waals surface area contributed by atoms with Crippen molar-refractivity contribution in [2.75, 3.05) is 26.2 Å². The van der Waals surface area contributed by atoms with Crippen LogP contribution in [0, 0.1) is 0 Å². The Kier molecular flexibility index (Phi) is 34.9. The van der Waals surface area contributed by atoms with Gasteiger partial charge >= 0.3 is 0 Å². The zero-order valence-electron chi connectivity index (χ0n) is 21.8. The summed E-state index contributed by atoms with van der Waals surface area (Å²) in [6, 6.07) is 0. The van der Waals surface area contributed by atoms with Crippen LogP contribution < -0.4 is 10.6 Å². The molecule has 0 heterocycles. The van der Waals surface area contributed by atoms with E-state index in [1.165, 1.54) is 167 Å². The van der Waals surface area contributed by atoms with Crippen LogP contribution in [0.15, 0.2) is 0 Å². The van der Waals surface area contributed by atoms with Gasteiger partial charge in [-0.2, -0.15) is 0 Å². The lowest BCUT2D eigenvalue weighted by Crippen LogP contribution is -2.17. The molecule has 0 amide bonds. The fourth-order valence-corrected chi connectivity index (χ4v) is 4.22. The normalized spacial score (nSPS) is 11.0. The van der Waals surface area contributed by atoms with Gasteiger partial charge in [0.05, 0.1) is 0 Å². The molecule has 0 saturated carbocycles. The molecule has 0 aliphatic carbocycles. The van der Waals surface area contributed by atoms with E-state index in [1.807, 2.05) is 0 Å². The molecule has 0 spiro atoms. The lowest BCUT2D eigenvalue weighted by Gasteiger charge is -2.06.